The molecule has 0 spiro atoms. The van der Waals surface area contributed by atoms with Crippen LogP contribution in [0.25, 0.3) is 10.9 Å². The Kier molecular flexibility index (Phi) is 7.51. The van der Waals surface area contributed by atoms with Crippen LogP contribution in [0.2, 0.25) is 0 Å². The molecule has 2 aromatic heterocycles. The molecule has 0 unspecified atom stereocenters. The molecule has 0 bridgehead atoms. The van der Waals surface area contributed by atoms with Crippen molar-refractivity contribution in [3.8, 4) is 0 Å². The van der Waals surface area contributed by atoms with Crippen molar-refractivity contribution in [2.75, 3.05) is 0 Å². The molecule has 0 radical (unpaired) electrons. The zero-order valence-electron chi connectivity index (χ0n) is 22.4. The van der Waals surface area contributed by atoms with Gasteiger partial charge in [-0.05, 0) is 71.7 Å². The van der Waals surface area contributed by atoms with Crippen LogP contribution >= 0.6 is 0 Å². The fourth-order valence-electron chi connectivity index (χ4n) is 6.00. The van der Waals surface area contributed by atoms with E-state index in [1.54, 1.807) is 0 Å². The second-order valence-corrected chi connectivity index (χ2v) is 11.0. The quantitative estimate of drug-likeness (QED) is 0.321. The molecule has 1 aliphatic rings. The lowest BCUT2D eigenvalue weighted by Gasteiger charge is -2.35. The highest BCUT2D eigenvalue weighted by atomic mass is 16.1. The van der Waals surface area contributed by atoms with E-state index in [1.807, 2.05) is 13.0 Å². The lowest BCUT2D eigenvalue weighted by molar-refractivity contribution is 0.121. The van der Waals surface area contributed by atoms with Crippen molar-refractivity contribution in [3.63, 3.8) is 0 Å². The Morgan fingerprint density at radius 1 is 1.03 bits per heavy atom. The third kappa shape index (κ3) is 5.52. The van der Waals surface area contributed by atoms with Crippen molar-refractivity contribution in [2.24, 2.45) is 5.92 Å². The Morgan fingerprint density at radius 3 is 2.51 bits per heavy atom. The molecule has 7 nitrogen and oxygen atoms in total. The minimum atomic E-state index is -0.0357. The molecule has 1 fully saturated rings. The molecule has 5 rings (SSSR count). The Balaban J connectivity index is 1.57. The van der Waals surface area contributed by atoms with Gasteiger partial charge in [0.05, 0.1) is 17.6 Å². The SMILES string of the molecule is Cc1cc(C)c2[nH]c(=O)c(CN(Cc3ccccc3)[C@H](c3nnnn3C3CCCCC3)C(C)C)cc2c1. The number of pyridine rings is 1. The predicted octanol–water partition coefficient (Wildman–Crippen LogP) is 6.04. The van der Waals surface area contributed by atoms with Crippen molar-refractivity contribution < 1.29 is 0 Å². The van der Waals surface area contributed by atoms with Gasteiger partial charge >= 0.3 is 0 Å². The first-order valence-electron chi connectivity index (χ1n) is 13.6. The highest BCUT2D eigenvalue weighted by Crippen LogP contribution is 2.34. The fraction of sp³-hybridized carbons (Fsp3) is 0.467. The second-order valence-electron chi connectivity index (χ2n) is 11.0. The summed E-state index contributed by atoms with van der Waals surface area (Å²) in [5, 5.41) is 14.3. The highest BCUT2D eigenvalue weighted by Gasteiger charge is 2.32. The number of tetrazole rings is 1. The number of aryl methyl sites for hydroxylation is 2. The van der Waals surface area contributed by atoms with Crippen LogP contribution in [0.5, 0.6) is 0 Å². The lowest BCUT2D eigenvalue weighted by Crippen LogP contribution is -2.36. The summed E-state index contributed by atoms with van der Waals surface area (Å²) < 4.78 is 2.08. The molecule has 7 heteroatoms. The third-order valence-corrected chi connectivity index (χ3v) is 7.70. The number of hydrogen-bond acceptors (Lipinski definition) is 5. The van der Waals surface area contributed by atoms with E-state index in [1.165, 1.54) is 30.4 Å². The van der Waals surface area contributed by atoms with Crippen molar-refractivity contribution in [1.82, 2.24) is 30.1 Å². The first-order chi connectivity index (χ1) is 17.9. The maximum atomic E-state index is 13.3. The lowest BCUT2D eigenvalue weighted by atomic mass is 9.94. The average Bonchev–Trinajstić information content (AvgIpc) is 3.35. The van der Waals surface area contributed by atoms with E-state index in [9.17, 15) is 4.79 Å². The van der Waals surface area contributed by atoms with Crippen LogP contribution in [0.3, 0.4) is 0 Å². The maximum absolute atomic E-state index is 13.3. The average molecular weight is 499 g/mol. The minimum Gasteiger partial charge on any atom is -0.321 e. The van der Waals surface area contributed by atoms with Gasteiger partial charge in [-0.1, -0.05) is 75.1 Å². The number of fused-ring (bicyclic) bond motifs is 1. The van der Waals surface area contributed by atoms with Gasteiger partial charge in [0.2, 0.25) is 0 Å². The van der Waals surface area contributed by atoms with E-state index in [-0.39, 0.29) is 17.5 Å². The van der Waals surface area contributed by atoms with E-state index in [2.05, 4.69) is 93.3 Å². The standard InChI is InChI=1S/C30H38N6O/c1-20(2)28(29-32-33-34-36(29)26-13-9-6-10-14-26)35(18-23-11-7-5-8-12-23)19-25-17-24-16-21(3)15-22(4)27(24)31-30(25)37/h5,7-8,11-12,15-17,20,26,28H,6,9-10,13-14,18-19H2,1-4H3,(H,31,37)/t28-/m0/s1. The number of aromatic nitrogens is 5. The van der Waals surface area contributed by atoms with Gasteiger partial charge in [0.15, 0.2) is 5.82 Å². The van der Waals surface area contributed by atoms with Crippen LogP contribution in [0.1, 0.15) is 86.1 Å². The van der Waals surface area contributed by atoms with Gasteiger partial charge < -0.3 is 4.98 Å². The van der Waals surface area contributed by atoms with Crippen LogP contribution in [0.15, 0.2) is 53.3 Å². The summed E-state index contributed by atoms with van der Waals surface area (Å²) in [4.78, 5) is 18.9. The normalized spacial score (nSPS) is 15.6. The van der Waals surface area contributed by atoms with Crippen molar-refractivity contribution in [2.45, 2.75) is 85.0 Å². The largest absolute Gasteiger partial charge is 0.321 e. The Labute approximate surface area is 218 Å². The maximum Gasteiger partial charge on any atom is 0.252 e. The molecule has 1 atom stereocenters. The summed E-state index contributed by atoms with van der Waals surface area (Å²) in [6.45, 7) is 9.80. The number of H-pyrrole nitrogens is 1. The Bertz CT molecular complexity index is 1400. The Hall–Kier alpha value is -3.32. The van der Waals surface area contributed by atoms with E-state index >= 15 is 0 Å². The summed E-state index contributed by atoms with van der Waals surface area (Å²) in [5.41, 5.74) is 5.12. The molecule has 4 aromatic rings. The predicted molar refractivity (Wildman–Crippen MR) is 147 cm³/mol. The number of hydrogen-bond donors (Lipinski definition) is 1. The second kappa shape index (κ2) is 11.0. The molecule has 1 N–H and O–H groups in total. The van der Waals surface area contributed by atoms with Crippen molar-refractivity contribution >= 4 is 10.9 Å². The van der Waals surface area contributed by atoms with Gasteiger partial charge in [-0.15, -0.1) is 5.10 Å². The molecule has 1 saturated carbocycles. The number of benzene rings is 2. The smallest absolute Gasteiger partial charge is 0.252 e. The van der Waals surface area contributed by atoms with Crippen LogP contribution < -0.4 is 5.56 Å². The molecular formula is C30H38N6O. The van der Waals surface area contributed by atoms with Gasteiger partial charge in [-0.3, -0.25) is 9.69 Å². The number of aromatic amines is 1. The molecular weight excluding hydrogens is 460 g/mol. The molecule has 194 valence electrons. The van der Waals surface area contributed by atoms with Crippen molar-refractivity contribution in [3.05, 3.63) is 87.0 Å². The summed E-state index contributed by atoms with van der Waals surface area (Å²) in [6.07, 6.45) is 5.95. The fourth-order valence-corrected chi connectivity index (χ4v) is 6.00. The monoisotopic (exact) mass is 498 g/mol. The number of nitrogens with one attached hydrogen (secondary N) is 1. The third-order valence-electron chi connectivity index (χ3n) is 7.70. The van der Waals surface area contributed by atoms with Crippen LogP contribution in [-0.4, -0.2) is 30.1 Å². The zero-order chi connectivity index (χ0) is 25.9. The number of nitrogens with zero attached hydrogens (tertiary/aromatic N) is 5. The van der Waals surface area contributed by atoms with Gasteiger partial charge in [-0.25, -0.2) is 4.68 Å². The summed E-state index contributed by atoms with van der Waals surface area (Å²) in [7, 11) is 0. The summed E-state index contributed by atoms with van der Waals surface area (Å²) in [5.74, 6) is 1.16. The van der Waals surface area contributed by atoms with Gasteiger partial charge in [0, 0.05) is 18.7 Å². The molecule has 2 aromatic carbocycles. The molecule has 2 heterocycles. The Morgan fingerprint density at radius 2 is 1.78 bits per heavy atom. The first kappa shape index (κ1) is 25.3. The topological polar surface area (TPSA) is 79.7 Å². The highest BCUT2D eigenvalue weighted by molar-refractivity contribution is 5.82. The van der Waals surface area contributed by atoms with E-state index in [4.69, 9.17) is 0 Å². The van der Waals surface area contributed by atoms with Crippen LogP contribution in [0, 0.1) is 19.8 Å². The first-order valence-corrected chi connectivity index (χ1v) is 13.6. The van der Waals surface area contributed by atoms with Gasteiger partial charge in [0.1, 0.15) is 0 Å². The molecule has 0 amide bonds. The van der Waals surface area contributed by atoms with Crippen molar-refractivity contribution in [1.29, 1.82) is 0 Å². The molecule has 37 heavy (non-hydrogen) atoms. The molecule has 1 aliphatic carbocycles. The number of rotatable bonds is 8. The van der Waals surface area contributed by atoms with Gasteiger partial charge in [0.25, 0.3) is 5.56 Å². The van der Waals surface area contributed by atoms with E-state index < -0.39 is 0 Å². The summed E-state index contributed by atoms with van der Waals surface area (Å²) >= 11 is 0. The molecule has 0 aliphatic heterocycles. The summed E-state index contributed by atoms with van der Waals surface area (Å²) in [6, 6.07) is 17.1. The minimum absolute atomic E-state index is 0.0353. The zero-order valence-corrected chi connectivity index (χ0v) is 22.4. The van der Waals surface area contributed by atoms with E-state index in [0.29, 0.717) is 19.1 Å². The van der Waals surface area contributed by atoms with Crippen LogP contribution in [-0.2, 0) is 13.1 Å². The molecule has 0 saturated heterocycles. The van der Waals surface area contributed by atoms with Crippen LogP contribution in [0.4, 0.5) is 0 Å². The van der Waals surface area contributed by atoms with E-state index in [0.717, 1.165) is 40.7 Å². The van der Waals surface area contributed by atoms with Gasteiger partial charge in [-0.2, -0.15) is 0 Å².